The molecule has 0 aliphatic carbocycles. The van der Waals surface area contributed by atoms with E-state index in [1.165, 1.54) is 6.07 Å². The number of hydrogen-bond acceptors (Lipinski definition) is 2. The summed E-state index contributed by atoms with van der Waals surface area (Å²) >= 11 is 3.36. The molecular formula is C16H25BrFNO. The molecule has 114 valence electrons. The van der Waals surface area contributed by atoms with Crippen molar-refractivity contribution in [1.82, 2.24) is 5.32 Å². The molecule has 0 saturated carbocycles. The van der Waals surface area contributed by atoms with E-state index in [0.29, 0.717) is 4.47 Å². The highest BCUT2D eigenvalue weighted by atomic mass is 79.9. The Balaban J connectivity index is 2.86. The predicted octanol–water partition coefficient (Wildman–Crippen LogP) is 4.83. The zero-order valence-electron chi connectivity index (χ0n) is 12.8. The quantitative estimate of drug-likeness (QED) is 0.728. The van der Waals surface area contributed by atoms with E-state index < -0.39 is 0 Å². The minimum Gasteiger partial charge on any atom is -0.379 e. The number of benzene rings is 1. The highest BCUT2D eigenvalue weighted by molar-refractivity contribution is 9.10. The topological polar surface area (TPSA) is 21.3 Å². The minimum atomic E-state index is -0.211. The lowest BCUT2D eigenvalue weighted by molar-refractivity contribution is 0.0116. The van der Waals surface area contributed by atoms with Crippen molar-refractivity contribution in [1.29, 1.82) is 0 Å². The Bertz CT molecular complexity index is 423. The summed E-state index contributed by atoms with van der Waals surface area (Å²) in [5, 5.41) is 3.50. The van der Waals surface area contributed by atoms with E-state index >= 15 is 0 Å². The van der Waals surface area contributed by atoms with Crippen LogP contribution in [0.4, 0.5) is 4.39 Å². The fourth-order valence-corrected chi connectivity index (χ4v) is 2.61. The van der Waals surface area contributed by atoms with Crippen molar-refractivity contribution < 1.29 is 9.13 Å². The van der Waals surface area contributed by atoms with Crippen molar-refractivity contribution in [3.8, 4) is 0 Å². The van der Waals surface area contributed by atoms with Crippen LogP contribution in [-0.2, 0) is 4.74 Å². The first-order chi connectivity index (χ1) is 9.41. The third-order valence-corrected chi connectivity index (χ3v) is 4.42. The van der Waals surface area contributed by atoms with E-state index in [0.717, 1.165) is 31.4 Å². The Kier molecular flexibility index (Phi) is 7.13. The predicted molar refractivity (Wildman–Crippen MR) is 85.5 cm³/mol. The Morgan fingerprint density at radius 3 is 2.70 bits per heavy atom. The summed E-state index contributed by atoms with van der Waals surface area (Å²) in [4.78, 5) is 0. The Labute approximate surface area is 130 Å². The molecule has 4 heteroatoms. The second-order valence-electron chi connectivity index (χ2n) is 5.65. The zero-order chi connectivity index (χ0) is 15.2. The van der Waals surface area contributed by atoms with Crippen LogP contribution in [0.3, 0.4) is 0 Å². The molecule has 0 aromatic heterocycles. The molecule has 0 bridgehead atoms. The molecule has 1 atom stereocenters. The van der Waals surface area contributed by atoms with Crippen molar-refractivity contribution in [2.45, 2.75) is 51.7 Å². The van der Waals surface area contributed by atoms with Crippen molar-refractivity contribution >= 4 is 15.9 Å². The summed E-state index contributed by atoms with van der Waals surface area (Å²) in [7, 11) is 1.73. The molecule has 0 aliphatic heterocycles. The highest BCUT2D eigenvalue weighted by Crippen LogP contribution is 2.31. The average Bonchev–Trinajstić information content (AvgIpc) is 2.43. The van der Waals surface area contributed by atoms with Gasteiger partial charge in [-0.2, -0.15) is 0 Å². The third kappa shape index (κ3) is 5.15. The maximum Gasteiger partial charge on any atom is 0.137 e. The van der Waals surface area contributed by atoms with E-state index in [4.69, 9.17) is 4.74 Å². The van der Waals surface area contributed by atoms with Gasteiger partial charge in [-0.3, -0.25) is 0 Å². The first-order valence-corrected chi connectivity index (χ1v) is 7.93. The largest absolute Gasteiger partial charge is 0.379 e. The van der Waals surface area contributed by atoms with E-state index in [9.17, 15) is 4.39 Å². The zero-order valence-corrected chi connectivity index (χ0v) is 14.4. The van der Waals surface area contributed by atoms with Crippen LogP contribution in [0.2, 0.25) is 0 Å². The maximum atomic E-state index is 13.7. The highest BCUT2D eigenvalue weighted by Gasteiger charge is 2.22. The van der Waals surface area contributed by atoms with Crippen LogP contribution < -0.4 is 5.32 Å². The number of rotatable bonds is 8. The SMILES string of the molecule is CCCNC(CCC(C)(C)OC)c1cccc(F)c1Br. The van der Waals surface area contributed by atoms with Gasteiger partial charge >= 0.3 is 0 Å². The first-order valence-electron chi connectivity index (χ1n) is 7.13. The van der Waals surface area contributed by atoms with Crippen molar-refractivity contribution in [2.75, 3.05) is 13.7 Å². The molecular weight excluding hydrogens is 321 g/mol. The summed E-state index contributed by atoms with van der Waals surface area (Å²) < 4.78 is 19.7. The lowest BCUT2D eigenvalue weighted by atomic mass is 9.94. The summed E-state index contributed by atoms with van der Waals surface area (Å²) in [6.07, 6.45) is 2.87. The van der Waals surface area contributed by atoms with Crippen molar-refractivity contribution in [3.05, 3.63) is 34.1 Å². The summed E-state index contributed by atoms with van der Waals surface area (Å²) in [6.45, 7) is 7.19. The van der Waals surface area contributed by atoms with Crippen LogP contribution in [0.1, 0.15) is 51.6 Å². The van der Waals surface area contributed by atoms with E-state index in [-0.39, 0.29) is 17.5 Å². The van der Waals surface area contributed by atoms with Gasteiger partial charge in [0.2, 0.25) is 0 Å². The molecule has 1 aromatic carbocycles. The van der Waals surface area contributed by atoms with Gasteiger partial charge in [0.25, 0.3) is 0 Å². The van der Waals surface area contributed by atoms with Crippen molar-refractivity contribution in [2.24, 2.45) is 0 Å². The fraction of sp³-hybridized carbons (Fsp3) is 0.625. The molecule has 0 fully saturated rings. The number of ether oxygens (including phenoxy) is 1. The second-order valence-corrected chi connectivity index (χ2v) is 6.45. The molecule has 1 N–H and O–H groups in total. The lowest BCUT2D eigenvalue weighted by Gasteiger charge is -2.27. The summed E-state index contributed by atoms with van der Waals surface area (Å²) in [5.74, 6) is -0.211. The molecule has 1 rings (SSSR count). The molecule has 0 spiro atoms. The fourth-order valence-electron chi connectivity index (χ4n) is 2.07. The molecule has 0 saturated heterocycles. The molecule has 1 aromatic rings. The van der Waals surface area contributed by atoms with Crippen LogP contribution in [0, 0.1) is 5.82 Å². The van der Waals surface area contributed by atoms with Gasteiger partial charge in [0, 0.05) is 13.2 Å². The molecule has 1 unspecified atom stereocenters. The van der Waals surface area contributed by atoms with E-state index in [1.54, 1.807) is 13.2 Å². The van der Waals surface area contributed by atoms with Crippen LogP contribution in [0.15, 0.2) is 22.7 Å². The first kappa shape index (κ1) is 17.6. The van der Waals surface area contributed by atoms with Gasteiger partial charge in [0.1, 0.15) is 5.82 Å². The third-order valence-electron chi connectivity index (χ3n) is 3.59. The number of methoxy groups -OCH3 is 1. The lowest BCUT2D eigenvalue weighted by Crippen LogP contribution is -2.28. The Morgan fingerprint density at radius 1 is 1.40 bits per heavy atom. The Morgan fingerprint density at radius 2 is 2.10 bits per heavy atom. The van der Waals surface area contributed by atoms with Crippen LogP contribution in [0.5, 0.6) is 0 Å². The molecule has 0 aliphatic rings. The molecule has 0 amide bonds. The van der Waals surface area contributed by atoms with Gasteiger partial charge in [-0.05, 0) is 67.2 Å². The van der Waals surface area contributed by atoms with Gasteiger partial charge in [0.05, 0.1) is 10.1 Å². The molecule has 0 heterocycles. The number of nitrogens with one attached hydrogen (secondary N) is 1. The van der Waals surface area contributed by atoms with Crippen LogP contribution in [-0.4, -0.2) is 19.3 Å². The van der Waals surface area contributed by atoms with Crippen molar-refractivity contribution in [3.63, 3.8) is 0 Å². The van der Waals surface area contributed by atoms with E-state index in [2.05, 4.69) is 42.0 Å². The standard InChI is InChI=1S/C16H25BrFNO/c1-5-11-19-14(9-10-16(2,3)20-4)12-7-6-8-13(18)15(12)17/h6-8,14,19H,5,9-11H2,1-4H3. The summed E-state index contributed by atoms with van der Waals surface area (Å²) in [5.41, 5.74) is 0.816. The van der Waals surface area contributed by atoms with E-state index in [1.807, 2.05) is 6.07 Å². The normalized spacial score (nSPS) is 13.5. The van der Waals surface area contributed by atoms with Gasteiger partial charge < -0.3 is 10.1 Å². The second kappa shape index (κ2) is 8.11. The maximum absolute atomic E-state index is 13.7. The van der Waals surface area contributed by atoms with Gasteiger partial charge in [-0.1, -0.05) is 19.1 Å². The number of hydrogen-bond donors (Lipinski definition) is 1. The molecule has 2 nitrogen and oxygen atoms in total. The smallest absolute Gasteiger partial charge is 0.137 e. The monoisotopic (exact) mass is 345 g/mol. The van der Waals surface area contributed by atoms with Crippen LogP contribution >= 0.6 is 15.9 Å². The minimum absolute atomic E-state index is 0.134. The molecule has 0 radical (unpaired) electrons. The van der Waals surface area contributed by atoms with Gasteiger partial charge in [-0.15, -0.1) is 0 Å². The number of halogens is 2. The Hall–Kier alpha value is -0.450. The summed E-state index contributed by atoms with van der Waals surface area (Å²) in [6, 6.07) is 5.34. The van der Waals surface area contributed by atoms with Gasteiger partial charge in [-0.25, -0.2) is 4.39 Å². The average molecular weight is 346 g/mol. The molecule has 20 heavy (non-hydrogen) atoms. The van der Waals surface area contributed by atoms with Gasteiger partial charge in [0.15, 0.2) is 0 Å². The van der Waals surface area contributed by atoms with Crippen LogP contribution in [0.25, 0.3) is 0 Å².